The van der Waals surface area contributed by atoms with Crippen LogP contribution in [0.5, 0.6) is 0 Å². The second-order valence-electron chi connectivity index (χ2n) is 3.91. The molecule has 0 radical (unpaired) electrons. The van der Waals surface area contributed by atoms with E-state index < -0.39 is 0 Å². The Hall–Kier alpha value is -0.600. The Balaban J connectivity index is 3.14. The number of hydrogen-bond acceptors (Lipinski definition) is 4. The molecule has 0 rings (SSSR count). The lowest BCUT2D eigenvalue weighted by Crippen LogP contribution is -2.39. The van der Waals surface area contributed by atoms with E-state index in [9.17, 15) is 0 Å². The summed E-state index contributed by atoms with van der Waals surface area (Å²) in [6, 6.07) is 0. The Kier molecular flexibility index (Phi) is 9.25. The Labute approximate surface area is 98.6 Å². The van der Waals surface area contributed by atoms with Gasteiger partial charge in [-0.3, -0.25) is 5.32 Å². The molecule has 0 bridgehead atoms. The molecule has 0 saturated carbocycles. The second kappa shape index (κ2) is 9.61. The first-order valence-electron chi connectivity index (χ1n) is 5.49. The van der Waals surface area contributed by atoms with Gasteiger partial charge < -0.3 is 14.2 Å². The van der Waals surface area contributed by atoms with E-state index >= 15 is 0 Å². The smallest absolute Gasteiger partial charge is 0.0742 e. The number of ether oxygens (including phenoxy) is 3. The van der Waals surface area contributed by atoms with Gasteiger partial charge in [0.1, 0.15) is 0 Å². The quantitative estimate of drug-likeness (QED) is 0.441. The van der Waals surface area contributed by atoms with Crippen molar-refractivity contribution >= 4 is 0 Å². The molecule has 16 heavy (non-hydrogen) atoms. The Morgan fingerprint density at radius 1 is 1.06 bits per heavy atom. The fraction of sp³-hybridized carbons (Fsp3) is 0.833. The minimum absolute atomic E-state index is 0.266. The average Bonchev–Trinajstić information content (AvgIpc) is 2.27. The summed E-state index contributed by atoms with van der Waals surface area (Å²) in [6.07, 6.45) is 5.33. The summed E-state index contributed by atoms with van der Waals surface area (Å²) in [4.78, 5) is 0. The van der Waals surface area contributed by atoms with Gasteiger partial charge in [0.25, 0.3) is 0 Å². The van der Waals surface area contributed by atoms with Crippen LogP contribution in [0.4, 0.5) is 0 Å². The Bertz CT molecular complexity index is 199. The van der Waals surface area contributed by atoms with E-state index in [1.807, 2.05) is 13.8 Å². The molecule has 0 aromatic heterocycles. The van der Waals surface area contributed by atoms with Crippen molar-refractivity contribution in [2.75, 3.05) is 46.7 Å². The van der Waals surface area contributed by atoms with Crippen LogP contribution in [0.15, 0.2) is 0 Å². The van der Waals surface area contributed by atoms with Gasteiger partial charge in [0.05, 0.1) is 38.6 Å². The molecule has 0 aliphatic carbocycles. The molecule has 94 valence electrons. The first-order valence-corrected chi connectivity index (χ1v) is 5.49. The molecular formula is C12H23NO3. The summed E-state index contributed by atoms with van der Waals surface area (Å²) >= 11 is 0. The molecule has 0 atom stereocenters. The van der Waals surface area contributed by atoms with E-state index in [-0.39, 0.29) is 5.54 Å². The van der Waals surface area contributed by atoms with E-state index in [0.29, 0.717) is 33.0 Å². The number of terminal acetylenes is 1. The lowest BCUT2D eigenvalue weighted by atomic mass is 10.1. The van der Waals surface area contributed by atoms with Crippen LogP contribution in [0.25, 0.3) is 0 Å². The van der Waals surface area contributed by atoms with Gasteiger partial charge in [0, 0.05) is 13.7 Å². The van der Waals surface area contributed by atoms with E-state index in [4.69, 9.17) is 20.6 Å². The molecule has 0 unspecified atom stereocenters. The third kappa shape index (κ3) is 9.94. The van der Waals surface area contributed by atoms with E-state index in [2.05, 4.69) is 11.2 Å². The highest BCUT2D eigenvalue weighted by molar-refractivity contribution is 5.07. The third-order valence-electron chi connectivity index (χ3n) is 1.98. The molecule has 0 fully saturated rings. The normalized spacial score (nSPS) is 11.4. The minimum atomic E-state index is -0.266. The summed E-state index contributed by atoms with van der Waals surface area (Å²) in [5, 5.41) is 3.20. The summed E-state index contributed by atoms with van der Waals surface area (Å²) in [5.74, 6) is 2.66. The van der Waals surface area contributed by atoms with Crippen LogP contribution >= 0.6 is 0 Å². The van der Waals surface area contributed by atoms with Crippen molar-refractivity contribution < 1.29 is 14.2 Å². The zero-order valence-electron chi connectivity index (χ0n) is 10.5. The van der Waals surface area contributed by atoms with Crippen molar-refractivity contribution in [2.45, 2.75) is 19.4 Å². The first-order chi connectivity index (χ1) is 7.62. The van der Waals surface area contributed by atoms with Crippen molar-refractivity contribution in [3.63, 3.8) is 0 Å². The summed E-state index contributed by atoms with van der Waals surface area (Å²) < 4.78 is 15.4. The van der Waals surface area contributed by atoms with Crippen molar-refractivity contribution in [2.24, 2.45) is 0 Å². The number of hydrogen-bond donors (Lipinski definition) is 1. The lowest BCUT2D eigenvalue weighted by molar-refractivity contribution is 0.0250. The maximum absolute atomic E-state index is 5.36. The predicted molar refractivity (Wildman–Crippen MR) is 64.4 cm³/mol. The zero-order chi connectivity index (χ0) is 12.3. The highest BCUT2D eigenvalue weighted by Crippen LogP contribution is 1.97. The van der Waals surface area contributed by atoms with Crippen molar-refractivity contribution in [1.29, 1.82) is 0 Å². The van der Waals surface area contributed by atoms with E-state index in [1.54, 1.807) is 7.11 Å². The topological polar surface area (TPSA) is 39.7 Å². The van der Waals surface area contributed by atoms with Crippen molar-refractivity contribution in [3.05, 3.63) is 0 Å². The third-order valence-corrected chi connectivity index (χ3v) is 1.98. The Morgan fingerprint density at radius 2 is 1.62 bits per heavy atom. The average molecular weight is 229 g/mol. The fourth-order valence-electron chi connectivity index (χ4n) is 0.951. The molecule has 4 nitrogen and oxygen atoms in total. The highest BCUT2D eigenvalue weighted by atomic mass is 16.5. The van der Waals surface area contributed by atoms with E-state index in [1.165, 1.54) is 0 Å². The molecule has 0 amide bonds. The van der Waals surface area contributed by atoms with Crippen LogP contribution in [0.2, 0.25) is 0 Å². The lowest BCUT2D eigenvalue weighted by Gasteiger charge is -2.19. The molecular weight excluding hydrogens is 206 g/mol. The molecule has 1 N–H and O–H groups in total. The van der Waals surface area contributed by atoms with Crippen LogP contribution in [-0.4, -0.2) is 52.2 Å². The van der Waals surface area contributed by atoms with Crippen LogP contribution in [-0.2, 0) is 14.2 Å². The molecule has 4 heteroatoms. The van der Waals surface area contributed by atoms with Crippen LogP contribution in [0.3, 0.4) is 0 Å². The molecule has 0 spiro atoms. The standard InChI is InChI=1S/C12H23NO3/c1-5-12(2,3)13-6-7-15-10-11-16-9-8-14-4/h1,13H,6-11H2,2-4H3. The monoisotopic (exact) mass is 229 g/mol. The summed E-state index contributed by atoms with van der Waals surface area (Å²) in [6.45, 7) is 7.74. The second-order valence-corrected chi connectivity index (χ2v) is 3.91. The predicted octanol–water partition coefficient (Wildman–Crippen LogP) is 0.667. The number of nitrogens with one attached hydrogen (secondary N) is 1. The van der Waals surface area contributed by atoms with Crippen molar-refractivity contribution in [3.8, 4) is 12.3 Å². The van der Waals surface area contributed by atoms with Gasteiger partial charge in [-0.2, -0.15) is 0 Å². The fourth-order valence-corrected chi connectivity index (χ4v) is 0.951. The summed E-state index contributed by atoms with van der Waals surface area (Å²) in [7, 11) is 1.65. The van der Waals surface area contributed by atoms with Crippen molar-refractivity contribution in [1.82, 2.24) is 5.32 Å². The van der Waals surface area contributed by atoms with Gasteiger partial charge in [-0.05, 0) is 13.8 Å². The van der Waals surface area contributed by atoms with E-state index in [0.717, 1.165) is 6.54 Å². The van der Waals surface area contributed by atoms with Gasteiger partial charge >= 0.3 is 0 Å². The highest BCUT2D eigenvalue weighted by Gasteiger charge is 2.10. The van der Waals surface area contributed by atoms with Crippen LogP contribution in [0, 0.1) is 12.3 Å². The van der Waals surface area contributed by atoms with Gasteiger partial charge in [0.2, 0.25) is 0 Å². The molecule has 0 aliphatic heterocycles. The molecule has 0 aromatic carbocycles. The van der Waals surface area contributed by atoms with Gasteiger partial charge in [0.15, 0.2) is 0 Å². The van der Waals surface area contributed by atoms with Gasteiger partial charge in [-0.15, -0.1) is 6.42 Å². The summed E-state index contributed by atoms with van der Waals surface area (Å²) in [5.41, 5.74) is -0.266. The Morgan fingerprint density at radius 3 is 2.19 bits per heavy atom. The molecule has 0 saturated heterocycles. The SMILES string of the molecule is C#CC(C)(C)NCCOCCOCCOC. The number of rotatable bonds is 10. The van der Waals surface area contributed by atoms with Crippen LogP contribution < -0.4 is 5.32 Å². The zero-order valence-corrected chi connectivity index (χ0v) is 10.5. The number of methoxy groups -OCH3 is 1. The minimum Gasteiger partial charge on any atom is -0.382 e. The van der Waals surface area contributed by atoms with Gasteiger partial charge in [-0.25, -0.2) is 0 Å². The van der Waals surface area contributed by atoms with Gasteiger partial charge in [-0.1, -0.05) is 5.92 Å². The molecule has 0 aliphatic rings. The maximum Gasteiger partial charge on any atom is 0.0742 e. The first kappa shape index (κ1) is 15.4. The molecule has 0 heterocycles. The largest absolute Gasteiger partial charge is 0.382 e. The molecule has 0 aromatic rings. The maximum atomic E-state index is 5.36. The van der Waals surface area contributed by atoms with Crippen LogP contribution in [0.1, 0.15) is 13.8 Å².